The number of non-ortho nitro benzene ring substituents is 1. The maximum absolute atomic E-state index is 13.8. The summed E-state index contributed by atoms with van der Waals surface area (Å²) in [6.45, 7) is 6.62. The van der Waals surface area contributed by atoms with E-state index in [9.17, 15) is 25.1 Å². The number of carbonyl (C=O) groups is 1. The van der Waals surface area contributed by atoms with Crippen LogP contribution in [-0.4, -0.2) is 77.0 Å². The number of rotatable bonds is 18. The lowest BCUT2D eigenvalue weighted by atomic mass is 9.55. The van der Waals surface area contributed by atoms with E-state index >= 15 is 0 Å². The van der Waals surface area contributed by atoms with Gasteiger partial charge in [-0.05, 0) is 87.1 Å². The van der Waals surface area contributed by atoms with Gasteiger partial charge in [0.15, 0.2) is 0 Å². The molecule has 0 radical (unpaired) electrons. The van der Waals surface area contributed by atoms with Gasteiger partial charge in [0.2, 0.25) is 11.7 Å². The van der Waals surface area contributed by atoms with Crippen LogP contribution >= 0.6 is 0 Å². The van der Waals surface area contributed by atoms with Gasteiger partial charge in [-0.25, -0.2) is 0 Å². The average Bonchev–Trinajstić information content (AvgIpc) is 4.00. The lowest BCUT2D eigenvalue weighted by Gasteiger charge is -2.59. The van der Waals surface area contributed by atoms with Crippen LogP contribution in [0.3, 0.4) is 0 Å². The zero-order valence-electron chi connectivity index (χ0n) is 30.2. The van der Waals surface area contributed by atoms with Crippen molar-refractivity contribution in [2.45, 2.75) is 82.5 Å². The predicted octanol–water partition coefficient (Wildman–Crippen LogP) is 6.91. The SMILES string of the molecule is C=CCO[C@@]12Oc3ccc(Oc4cccc([N+](=O)[O-])c4)cc3[C@H]3[C@H](CCCCO)[C@@H](CCCCO)C=C(C(=NOCC)C[C@@H]1N(C)C(=O)C1CC1)[C@H]32. The molecule has 2 saturated carbocycles. The molecule has 6 rings (SSSR count). The van der Waals surface area contributed by atoms with Crippen molar-refractivity contribution in [3.63, 3.8) is 0 Å². The molecule has 3 aliphatic carbocycles. The van der Waals surface area contributed by atoms with E-state index in [0.717, 1.165) is 55.4 Å². The molecule has 0 saturated heterocycles. The van der Waals surface area contributed by atoms with E-state index in [1.165, 1.54) is 12.1 Å². The number of hydrogen-bond donors (Lipinski definition) is 2. The Morgan fingerprint density at radius 1 is 1.12 bits per heavy atom. The van der Waals surface area contributed by atoms with Crippen molar-refractivity contribution >= 4 is 17.3 Å². The van der Waals surface area contributed by atoms with Crippen LogP contribution in [0.25, 0.3) is 0 Å². The van der Waals surface area contributed by atoms with Crippen molar-refractivity contribution in [1.82, 2.24) is 4.90 Å². The number of unbranched alkanes of at least 4 members (excludes halogenated alkanes) is 2. The Morgan fingerprint density at radius 2 is 1.87 bits per heavy atom. The average molecular weight is 718 g/mol. The van der Waals surface area contributed by atoms with Crippen LogP contribution in [0.5, 0.6) is 17.2 Å². The Bertz CT molecular complexity index is 1670. The molecule has 2 N–H and O–H groups in total. The minimum Gasteiger partial charge on any atom is -0.459 e. The van der Waals surface area contributed by atoms with Gasteiger partial charge in [-0.15, -0.1) is 6.58 Å². The number of nitrogens with zero attached hydrogens (tertiary/aromatic N) is 3. The second-order valence-corrected chi connectivity index (χ2v) is 14.3. The highest BCUT2D eigenvalue weighted by atomic mass is 16.7. The monoisotopic (exact) mass is 717 g/mol. The number of ether oxygens (including phenoxy) is 3. The van der Waals surface area contributed by atoms with Crippen molar-refractivity contribution < 1.29 is 39.0 Å². The number of allylic oxidation sites excluding steroid dienone is 1. The van der Waals surface area contributed by atoms with Gasteiger partial charge in [0.1, 0.15) is 29.9 Å². The van der Waals surface area contributed by atoms with Gasteiger partial charge in [-0.1, -0.05) is 36.2 Å². The van der Waals surface area contributed by atoms with E-state index in [0.29, 0.717) is 43.1 Å². The quantitative estimate of drug-likeness (QED) is 0.0725. The largest absolute Gasteiger partial charge is 0.459 e. The van der Waals surface area contributed by atoms with Crippen molar-refractivity contribution in [2.24, 2.45) is 28.8 Å². The van der Waals surface area contributed by atoms with Gasteiger partial charge in [0.05, 0.1) is 29.2 Å². The molecule has 12 nitrogen and oxygen atoms in total. The number of hydrogen-bond acceptors (Lipinski definition) is 10. The molecular weight excluding hydrogens is 666 g/mol. The fourth-order valence-corrected chi connectivity index (χ4v) is 8.50. The summed E-state index contributed by atoms with van der Waals surface area (Å²) in [7, 11) is 1.83. The summed E-state index contributed by atoms with van der Waals surface area (Å²) in [5.41, 5.74) is 2.56. The second kappa shape index (κ2) is 16.6. The highest BCUT2D eigenvalue weighted by Crippen LogP contribution is 2.62. The lowest BCUT2D eigenvalue weighted by molar-refractivity contribution is -0.384. The van der Waals surface area contributed by atoms with Gasteiger partial charge in [0.25, 0.3) is 5.69 Å². The Kier molecular flexibility index (Phi) is 12.0. The maximum Gasteiger partial charge on any atom is 0.273 e. The van der Waals surface area contributed by atoms with Crippen LogP contribution < -0.4 is 9.47 Å². The number of nitro benzene ring substituents is 1. The molecule has 1 amide bonds. The summed E-state index contributed by atoms with van der Waals surface area (Å²) < 4.78 is 20.3. The van der Waals surface area contributed by atoms with E-state index < -0.39 is 22.7 Å². The van der Waals surface area contributed by atoms with Crippen LogP contribution in [0, 0.1) is 33.8 Å². The fourth-order valence-electron chi connectivity index (χ4n) is 8.50. The van der Waals surface area contributed by atoms with Crippen LogP contribution in [0.1, 0.15) is 76.2 Å². The highest BCUT2D eigenvalue weighted by molar-refractivity contribution is 6.03. The number of likely N-dealkylation sites (N-methyl/N-ethyl adjacent to an activating group) is 1. The zero-order valence-corrected chi connectivity index (χ0v) is 30.2. The molecule has 52 heavy (non-hydrogen) atoms. The molecule has 2 fully saturated rings. The molecule has 0 unspecified atom stereocenters. The molecule has 0 bridgehead atoms. The summed E-state index contributed by atoms with van der Waals surface area (Å²) in [6, 6.07) is 11.2. The first kappa shape index (κ1) is 37.5. The minimum absolute atomic E-state index is 0.0284. The molecule has 0 aromatic heterocycles. The summed E-state index contributed by atoms with van der Waals surface area (Å²) >= 11 is 0. The number of carbonyl (C=O) groups excluding carboxylic acids is 1. The van der Waals surface area contributed by atoms with Crippen molar-refractivity contribution in [2.75, 3.05) is 33.5 Å². The number of aliphatic hydroxyl groups excluding tert-OH is 2. The fraction of sp³-hybridized carbons (Fsp3) is 0.550. The molecular formula is C40H51N3O9. The Balaban J connectivity index is 1.55. The summed E-state index contributed by atoms with van der Waals surface area (Å²) in [4.78, 5) is 32.4. The van der Waals surface area contributed by atoms with Gasteiger partial charge < -0.3 is 34.2 Å². The van der Waals surface area contributed by atoms with Crippen LogP contribution in [0.4, 0.5) is 5.69 Å². The van der Waals surface area contributed by atoms with E-state index in [-0.39, 0.29) is 55.1 Å². The number of aliphatic hydroxyl groups is 2. The lowest BCUT2D eigenvalue weighted by Crippen LogP contribution is -2.69. The maximum atomic E-state index is 13.8. The number of amides is 1. The molecule has 2 aromatic rings. The van der Waals surface area contributed by atoms with Crippen molar-refractivity contribution in [1.29, 1.82) is 0 Å². The molecule has 280 valence electrons. The molecule has 4 aliphatic rings. The molecule has 12 heteroatoms. The number of fused-ring (bicyclic) bond motifs is 2. The minimum atomic E-state index is -1.30. The van der Waals surface area contributed by atoms with Crippen molar-refractivity contribution in [3.05, 3.63) is 82.4 Å². The molecule has 0 spiro atoms. The third-order valence-corrected chi connectivity index (χ3v) is 11.0. The Labute approximate surface area is 305 Å². The third-order valence-electron chi connectivity index (χ3n) is 11.0. The van der Waals surface area contributed by atoms with Gasteiger partial charge in [-0.2, -0.15) is 0 Å². The molecule has 1 heterocycles. The second-order valence-electron chi connectivity index (χ2n) is 14.3. The van der Waals surface area contributed by atoms with Gasteiger partial charge in [-0.3, -0.25) is 14.9 Å². The molecule has 1 aliphatic heterocycles. The Hall–Kier alpha value is -4.26. The number of oxime groups is 1. The number of nitro groups is 1. The highest BCUT2D eigenvalue weighted by Gasteiger charge is 2.65. The third kappa shape index (κ3) is 7.60. The van der Waals surface area contributed by atoms with E-state index in [1.54, 1.807) is 29.2 Å². The summed E-state index contributed by atoms with van der Waals surface area (Å²) in [6.07, 6.45) is 10.7. The van der Waals surface area contributed by atoms with Gasteiger partial charge >= 0.3 is 0 Å². The summed E-state index contributed by atoms with van der Waals surface area (Å²) in [5, 5.41) is 35.7. The van der Waals surface area contributed by atoms with Crippen molar-refractivity contribution in [3.8, 4) is 17.2 Å². The van der Waals surface area contributed by atoms with Crippen LogP contribution in [0.2, 0.25) is 0 Å². The number of benzene rings is 2. The Morgan fingerprint density at radius 3 is 2.56 bits per heavy atom. The van der Waals surface area contributed by atoms with Gasteiger partial charge in [0, 0.05) is 50.1 Å². The van der Waals surface area contributed by atoms with E-state index in [1.807, 2.05) is 26.1 Å². The zero-order chi connectivity index (χ0) is 36.8. The van der Waals surface area contributed by atoms with Crippen LogP contribution in [-0.2, 0) is 14.4 Å². The molecule has 6 atom stereocenters. The predicted molar refractivity (Wildman–Crippen MR) is 195 cm³/mol. The first-order valence-electron chi connectivity index (χ1n) is 18.7. The normalized spacial score (nSPS) is 26.7. The summed E-state index contributed by atoms with van der Waals surface area (Å²) in [5.74, 6) is -0.258. The smallest absolute Gasteiger partial charge is 0.273 e. The van der Waals surface area contributed by atoms with E-state index in [2.05, 4.69) is 17.8 Å². The standard InChI is InChI=1S/C40H51N3O9/c1-4-21-49-40-36(42(3)39(46)26-15-16-26)25-34(41-50-5-2)32-22-27(11-6-8-19-44)31(14-7-9-20-45)37(38(32)40)33-24-30(17-18-35(33)52-40)51-29-13-10-12-28(23-29)43(47)48/h4,10,12-13,17-18,22-24,26-27,31,36-38,44-45H,1,5-9,11,14-16,19-21,25H2,2-3H3/t27-,31+,36-,37+,38+,40+/m0/s1. The molecule has 2 aromatic carbocycles. The van der Waals surface area contributed by atoms with E-state index in [4.69, 9.17) is 19.0 Å². The van der Waals surface area contributed by atoms with Crippen LogP contribution in [0.15, 0.2) is 71.9 Å². The first-order valence-corrected chi connectivity index (χ1v) is 18.7. The first-order chi connectivity index (χ1) is 25.3. The topological polar surface area (TPSA) is 153 Å².